The number of amides is 1. The molecule has 1 fully saturated rings. The lowest BCUT2D eigenvalue weighted by atomic mass is 10.0. The van der Waals surface area contributed by atoms with Crippen molar-refractivity contribution in [2.45, 2.75) is 25.3 Å². The summed E-state index contributed by atoms with van der Waals surface area (Å²) in [5.41, 5.74) is 6.14. The SMILES string of the molecule is NC(=S)C1CCCC1NC(=O)c1ccc(I)c(O)c1. The lowest BCUT2D eigenvalue weighted by Crippen LogP contribution is -2.41. The van der Waals surface area contributed by atoms with Crippen molar-refractivity contribution in [3.05, 3.63) is 27.3 Å². The van der Waals surface area contributed by atoms with Crippen LogP contribution in [0.3, 0.4) is 0 Å². The third-order valence-electron chi connectivity index (χ3n) is 3.41. The van der Waals surface area contributed by atoms with Crippen LogP contribution in [0.15, 0.2) is 18.2 Å². The molecule has 0 heterocycles. The van der Waals surface area contributed by atoms with Gasteiger partial charge in [0.25, 0.3) is 5.91 Å². The number of carbonyl (C=O) groups excluding carboxylic acids is 1. The van der Waals surface area contributed by atoms with E-state index in [9.17, 15) is 9.90 Å². The van der Waals surface area contributed by atoms with Gasteiger partial charge in [-0.05, 0) is 53.6 Å². The van der Waals surface area contributed by atoms with E-state index < -0.39 is 0 Å². The molecule has 6 heteroatoms. The summed E-state index contributed by atoms with van der Waals surface area (Å²) in [4.78, 5) is 12.6. The Morgan fingerprint density at radius 2 is 2.21 bits per heavy atom. The van der Waals surface area contributed by atoms with Gasteiger partial charge in [0.2, 0.25) is 0 Å². The fourth-order valence-corrected chi connectivity index (χ4v) is 3.00. The van der Waals surface area contributed by atoms with E-state index in [1.807, 2.05) is 22.6 Å². The summed E-state index contributed by atoms with van der Waals surface area (Å²) in [5, 5.41) is 12.6. The quantitative estimate of drug-likeness (QED) is 0.547. The van der Waals surface area contributed by atoms with Crippen LogP contribution >= 0.6 is 34.8 Å². The van der Waals surface area contributed by atoms with Gasteiger partial charge in [0, 0.05) is 17.5 Å². The van der Waals surface area contributed by atoms with Crippen LogP contribution in [0.2, 0.25) is 0 Å². The molecule has 0 bridgehead atoms. The Bertz CT molecular complexity index is 521. The Labute approximate surface area is 130 Å². The molecule has 4 N–H and O–H groups in total. The average molecular weight is 390 g/mol. The number of phenols is 1. The number of aromatic hydroxyl groups is 1. The predicted octanol–water partition coefficient (Wildman–Crippen LogP) is 2.18. The van der Waals surface area contributed by atoms with Crippen LogP contribution in [-0.2, 0) is 0 Å². The number of carbonyl (C=O) groups is 1. The molecule has 1 aliphatic rings. The van der Waals surface area contributed by atoms with Crippen molar-refractivity contribution >= 4 is 45.7 Å². The molecule has 1 amide bonds. The van der Waals surface area contributed by atoms with E-state index in [2.05, 4.69) is 5.32 Å². The summed E-state index contributed by atoms with van der Waals surface area (Å²) in [6.07, 6.45) is 2.84. The molecule has 4 nitrogen and oxygen atoms in total. The van der Waals surface area contributed by atoms with E-state index in [1.54, 1.807) is 12.1 Å². The summed E-state index contributed by atoms with van der Waals surface area (Å²) >= 11 is 7.04. The van der Waals surface area contributed by atoms with Crippen molar-refractivity contribution < 1.29 is 9.90 Å². The van der Waals surface area contributed by atoms with Crippen LogP contribution in [0.4, 0.5) is 0 Å². The fourth-order valence-electron chi connectivity index (χ4n) is 2.38. The number of rotatable bonds is 3. The Morgan fingerprint density at radius 3 is 2.84 bits per heavy atom. The van der Waals surface area contributed by atoms with E-state index in [0.717, 1.165) is 22.8 Å². The van der Waals surface area contributed by atoms with Gasteiger partial charge in [-0.25, -0.2) is 0 Å². The maximum atomic E-state index is 12.1. The predicted molar refractivity (Wildman–Crippen MR) is 86.2 cm³/mol. The molecule has 1 aliphatic carbocycles. The van der Waals surface area contributed by atoms with Crippen molar-refractivity contribution in [1.82, 2.24) is 5.32 Å². The zero-order valence-corrected chi connectivity index (χ0v) is 13.2. The molecule has 1 saturated carbocycles. The lowest BCUT2D eigenvalue weighted by molar-refractivity contribution is 0.0933. The van der Waals surface area contributed by atoms with Crippen LogP contribution in [0.25, 0.3) is 0 Å². The number of nitrogens with one attached hydrogen (secondary N) is 1. The Balaban J connectivity index is 2.08. The Morgan fingerprint density at radius 1 is 1.47 bits per heavy atom. The summed E-state index contributed by atoms with van der Waals surface area (Å²) in [5.74, 6) is 0.00168. The van der Waals surface area contributed by atoms with Crippen LogP contribution in [-0.4, -0.2) is 22.0 Å². The number of nitrogens with two attached hydrogens (primary N) is 1. The van der Waals surface area contributed by atoms with Gasteiger partial charge in [-0.3, -0.25) is 4.79 Å². The van der Waals surface area contributed by atoms with E-state index in [1.165, 1.54) is 6.07 Å². The normalized spacial score (nSPS) is 22.2. The molecule has 2 atom stereocenters. The number of benzene rings is 1. The van der Waals surface area contributed by atoms with Gasteiger partial charge in [-0.2, -0.15) is 0 Å². The topological polar surface area (TPSA) is 75.3 Å². The molecular weight excluding hydrogens is 375 g/mol. The second kappa shape index (κ2) is 6.04. The molecule has 2 rings (SSSR count). The van der Waals surface area contributed by atoms with Gasteiger partial charge in [-0.1, -0.05) is 18.6 Å². The maximum absolute atomic E-state index is 12.1. The molecule has 0 aromatic heterocycles. The van der Waals surface area contributed by atoms with E-state index >= 15 is 0 Å². The standard InChI is InChI=1S/C13H15IN2O2S/c14-9-5-4-7(6-11(9)17)13(18)16-10-3-1-2-8(10)12(15)19/h4-6,8,10,17H,1-3H2,(H2,15,19)(H,16,18). The number of phenolic OH excluding ortho intramolecular Hbond substituents is 1. The summed E-state index contributed by atoms with van der Waals surface area (Å²) in [6.45, 7) is 0. The van der Waals surface area contributed by atoms with Gasteiger partial charge in [0.1, 0.15) is 5.75 Å². The van der Waals surface area contributed by atoms with E-state index in [-0.39, 0.29) is 23.6 Å². The fraction of sp³-hybridized carbons (Fsp3) is 0.385. The molecule has 1 aromatic carbocycles. The van der Waals surface area contributed by atoms with Gasteiger partial charge in [-0.15, -0.1) is 0 Å². The van der Waals surface area contributed by atoms with E-state index in [4.69, 9.17) is 18.0 Å². The molecule has 0 aliphatic heterocycles. The first-order chi connectivity index (χ1) is 8.99. The Kier molecular flexibility index (Phi) is 4.62. The highest BCUT2D eigenvalue weighted by molar-refractivity contribution is 14.1. The largest absolute Gasteiger partial charge is 0.507 e. The second-order valence-corrected chi connectivity index (χ2v) is 6.32. The van der Waals surface area contributed by atoms with Gasteiger partial charge >= 0.3 is 0 Å². The molecule has 2 unspecified atom stereocenters. The first kappa shape index (κ1) is 14.5. The average Bonchev–Trinajstić information content (AvgIpc) is 2.80. The molecule has 19 heavy (non-hydrogen) atoms. The first-order valence-corrected chi connectivity index (χ1v) is 7.56. The monoisotopic (exact) mass is 390 g/mol. The minimum Gasteiger partial charge on any atom is -0.507 e. The molecule has 0 radical (unpaired) electrons. The molecule has 1 aromatic rings. The zero-order valence-electron chi connectivity index (χ0n) is 10.2. The van der Waals surface area contributed by atoms with Gasteiger partial charge in [0.15, 0.2) is 0 Å². The summed E-state index contributed by atoms with van der Waals surface area (Å²) in [7, 11) is 0. The van der Waals surface area contributed by atoms with Crippen molar-refractivity contribution in [3.63, 3.8) is 0 Å². The van der Waals surface area contributed by atoms with Crippen molar-refractivity contribution in [2.75, 3.05) is 0 Å². The third kappa shape index (κ3) is 3.36. The smallest absolute Gasteiger partial charge is 0.251 e. The lowest BCUT2D eigenvalue weighted by Gasteiger charge is -2.20. The second-order valence-electron chi connectivity index (χ2n) is 4.69. The summed E-state index contributed by atoms with van der Waals surface area (Å²) < 4.78 is 0.719. The highest BCUT2D eigenvalue weighted by atomic mass is 127. The minimum atomic E-state index is -0.195. The molecular formula is C13H15IN2O2S. The number of thiocarbonyl (C=S) groups is 1. The third-order valence-corrected chi connectivity index (χ3v) is 4.62. The number of hydrogen-bond acceptors (Lipinski definition) is 3. The van der Waals surface area contributed by atoms with Crippen LogP contribution < -0.4 is 11.1 Å². The number of halogens is 1. The van der Waals surface area contributed by atoms with Gasteiger partial charge < -0.3 is 16.2 Å². The molecule has 0 spiro atoms. The molecule has 102 valence electrons. The highest BCUT2D eigenvalue weighted by Crippen LogP contribution is 2.26. The van der Waals surface area contributed by atoms with Crippen LogP contribution in [0, 0.1) is 9.49 Å². The van der Waals surface area contributed by atoms with Crippen molar-refractivity contribution in [3.8, 4) is 5.75 Å². The van der Waals surface area contributed by atoms with E-state index in [0.29, 0.717) is 10.6 Å². The van der Waals surface area contributed by atoms with Crippen LogP contribution in [0.5, 0.6) is 5.75 Å². The van der Waals surface area contributed by atoms with Crippen molar-refractivity contribution in [2.24, 2.45) is 11.7 Å². The Hall–Kier alpha value is -0.890. The number of hydrogen-bond donors (Lipinski definition) is 3. The maximum Gasteiger partial charge on any atom is 0.251 e. The summed E-state index contributed by atoms with van der Waals surface area (Å²) in [6, 6.07) is 4.89. The first-order valence-electron chi connectivity index (χ1n) is 6.07. The minimum absolute atomic E-state index is 0.00595. The molecule has 0 saturated heterocycles. The zero-order chi connectivity index (χ0) is 14.0. The highest BCUT2D eigenvalue weighted by Gasteiger charge is 2.30. The van der Waals surface area contributed by atoms with Crippen molar-refractivity contribution in [1.29, 1.82) is 0 Å². The van der Waals surface area contributed by atoms with Gasteiger partial charge in [0.05, 0.1) is 8.56 Å². The van der Waals surface area contributed by atoms with Crippen LogP contribution in [0.1, 0.15) is 29.6 Å².